The number of aromatic nitrogens is 4. The first-order valence-corrected chi connectivity index (χ1v) is 27.1. The van der Waals surface area contributed by atoms with Gasteiger partial charge in [0.1, 0.15) is 29.8 Å². The van der Waals surface area contributed by atoms with Gasteiger partial charge in [0.05, 0.1) is 6.04 Å². The summed E-state index contributed by atoms with van der Waals surface area (Å²) in [6, 6.07) is -1.88. The fraction of sp³-hybridized carbons (Fsp3) is 0.796. The Labute approximate surface area is 414 Å². The predicted molar refractivity (Wildman–Crippen MR) is 268 cm³/mol. The van der Waals surface area contributed by atoms with Crippen molar-refractivity contribution in [2.24, 2.45) is 55.5 Å². The van der Waals surface area contributed by atoms with Crippen molar-refractivity contribution in [2.45, 2.75) is 163 Å². The van der Waals surface area contributed by atoms with Crippen molar-refractivity contribution in [2.75, 3.05) is 58.9 Å². The molecule has 2 aromatic rings. The zero-order valence-corrected chi connectivity index (χ0v) is 43.9. The van der Waals surface area contributed by atoms with Gasteiger partial charge < -0.3 is 33.6 Å². The van der Waals surface area contributed by atoms with Gasteiger partial charge in [0.2, 0.25) is 29.5 Å². The number of likely N-dealkylation sites (tertiary alicyclic amines) is 2. The highest BCUT2D eigenvalue weighted by molar-refractivity contribution is 5.93. The van der Waals surface area contributed by atoms with E-state index in [2.05, 4.69) is 65.5 Å². The van der Waals surface area contributed by atoms with Gasteiger partial charge in [0.25, 0.3) is 0 Å². The molecule has 2 aromatic heterocycles. The van der Waals surface area contributed by atoms with Gasteiger partial charge in [-0.3, -0.25) is 28.9 Å². The number of piperidine rings is 2. The molecule has 7 rings (SSSR count). The minimum absolute atomic E-state index is 0.0288. The lowest BCUT2D eigenvalue weighted by atomic mass is 9.87. The lowest BCUT2D eigenvalue weighted by Gasteiger charge is -2.46. The first-order valence-electron chi connectivity index (χ1n) is 27.1. The maximum atomic E-state index is 14.9. The zero-order valence-electron chi connectivity index (χ0n) is 43.9. The molecule has 0 spiro atoms. The number of imidazole rings is 2. The largest absolute Gasteiger partial charge is 0.341 e. The fourth-order valence-electron chi connectivity index (χ4n) is 12.0. The predicted octanol–water partition coefficient (Wildman–Crippen LogP) is 6.06. The zero-order chi connectivity index (χ0) is 49.5. The third-order valence-corrected chi connectivity index (χ3v) is 16.5. The average Bonchev–Trinajstić information content (AvgIpc) is 3.91. The van der Waals surface area contributed by atoms with Crippen LogP contribution >= 0.6 is 0 Å². The molecule has 0 aromatic carbocycles. The molecule has 69 heavy (non-hydrogen) atoms. The molecule has 0 radical (unpaired) electrons. The van der Waals surface area contributed by atoms with E-state index in [1.165, 1.54) is 12.8 Å². The van der Waals surface area contributed by atoms with Crippen LogP contribution in [0.2, 0.25) is 0 Å². The summed E-state index contributed by atoms with van der Waals surface area (Å²) in [5.74, 6) is 4.64. The topological polar surface area (TPSA) is 140 Å². The number of rotatable bonds is 21. The molecule has 5 aliphatic rings. The van der Waals surface area contributed by atoms with Crippen molar-refractivity contribution in [3.63, 3.8) is 0 Å². The Morgan fingerprint density at radius 2 is 1.07 bits per heavy atom. The molecule has 384 valence electrons. The third-order valence-electron chi connectivity index (χ3n) is 16.5. The number of hydrogen-bond acceptors (Lipinski definition) is 8. The van der Waals surface area contributed by atoms with Crippen LogP contribution in [-0.2, 0) is 50.9 Å². The Morgan fingerprint density at radius 3 is 1.54 bits per heavy atom. The fourth-order valence-corrected chi connectivity index (χ4v) is 12.0. The Kier molecular flexibility index (Phi) is 18.1. The molecule has 15 nitrogen and oxygen atoms in total. The number of amides is 5. The second-order valence-electron chi connectivity index (χ2n) is 23.1. The van der Waals surface area contributed by atoms with Crippen molar-refractivity contribution in [3.8, 4) is 0 Å². The second kappa shape index (κ2) is 23.8. The number of aryl methyl sites for hydroxylation is 2. The maximum absolute atomic E-state index is 14.9. The van der Waals surface area contributed by atoms with Gasteiger partial charge in [0.15, 0.2) is 0 Å². The Hall–Kier alpha value is -4.27. The molecular formula is C54H88N10O5. The van der Waals surface area contributed by atoms with Gasteiger partial charge in [0, 0.05) is 118 Å². The van der Waals surface area contributed by atoms with E-state index in [1.54, 1.807) is 11.8 Å². The summed E-state index contributed by atoms with van der Waals surface area (Å²) in [7, 11) is 4.07. The van der Waals surface area contributed by atoms with Crippen LogP contribution in [0.3, 0.4) is 0 Å². The van der Waals surface area contributed by atoms with Gasteiger partial charge >= 0.3 is 0 Å². The van der Waals surface area contributed by atoms with Crippen molar-refractivity contribution in [1.29, 1.82) is 0 Å². The first-order chi connectivity index (χ1) is 33.0. The third kappa shape index (κ3) is 13.6. The summed E-state index contributed by atoms with van der Waals surface area (Å²) in [5, 5.41) is 0. The molecule has 1 aliphatic carbocycles. The lowest BCUT2D eigenvalue weighted by Crippen LogP contribution is -2.64. The van der Waals surface area contributed by atoms with Gasteiger partial charge in [-0.05, 0) is 106 Å². The van der Waals surface area contributed by atoms with E-state index in [0.29, 0.717) is 69.7 Å². The van der Waals surface area contributed by atoms with Gasteiger partial charge in [-0.25, -0.2) is 9.97 Å². The molecule has 0 N–H and O–H groups in total. The Bertz CT molecular complexity index is 2030. The van der Waals surface area contributed by atoms with Crippen LogP contribution in [0.25, 0.3) is 0 Å². The first kappa shape index (κ1) is 52.6. The summed E-state index contributed by atoms with van der Waals surface area (Å²) in [4.78, 5) is 92.7. The summed E-state index contributed by atoms with van der Waals surface area (Å²) < 4.78 is 4.16. The quantitative estimate of drug-likeness (QED) is 0.147. The molecule has 4 aliphatic heterocycles. The van der Waals surface area contributed by atoms with Crippen LogP contribution in [0.1, 0.15) is 137 Å². The highest BCUT2D eigenvalue weighted by Crippen LogP contribution is 2.35. The monoisotopic (exact) mass is 957 g/mol. The van der Waals surface area contributed by atoms with Crippen LogP contribution in [0.5, 0.6) is 0 Å². The van der Waals surface area contributed by atoms with E-state index in [4.69, 9.17) is 0 Å². The Morgan fingerprint density at radius 1 is 0.580 bits per heavy atom. The molecule has 2 unspecified atom stereocenters. The van der Waals surface area contributed by atoms with E-state index in [1.807, 2.05) is 58.5 Å². The van der Waals surface area contributed by atoms with Crippen molar-refractivity contribution in [1.82, 2.24) is 48.5 Å². The minimum atomic E-state index is -0.595. The average molecular weight is 957 g/mol. The van der Waals surface area contributed by atoms with Gasteiger partial charge in [-0.15, -0.1) is 0 Å². The van der Waals surface area contributed by atoms with Crippen LogP contribution in [0.4, 0.5) is 0 Å². The summed E-state index contributed by atoms with van der Waals surface area (Å²) >= 11 is 0. The molecule has 5 amide bonds. The highest BCUT2D eigenvalue weighted by Gasteiger charge is 2.45. The van der Waals surface area contributed by atoms with Gasteiger partial charge in [-0.1, -0.05) is 54.4 Å². The normalized spacial score (nSPS) is 23.3. The van der Waals surface area contributed by atoms with E-state index in [0.717, 1.165) is 95.6 Å². The summed E-state index contributed by atoms with van der Waals surface area (Å²) in [6.45, 7) is 20.3. The van der Waals surface area contributed by atoms with Crippen LogP contribution in [-0.4, -0.2) is 161 Å². The van der Waals surface area contributed by atoms with Crippen molar-refractivity contribution >= 4 is 29.5 Å². The molecule has 5 fully saturated rings. The molecule has 1 saturated carbocycles. The van der Waals surface area contributed by atoms with Gasteiger partial charge in [-0.2, -0.15) is 0 Å². The molecule has 6 heterocycles. The Balaban J connectivity index is 1.00. The number of carbonyl (C=O) groups is 5. The summed E-state index contributed by atoms with van der Waals surface area (Å²) in [5.41, 5.74) is 0. The lowest BCUT2D eigenvalue weighted by molar-refractivity contribution is -0.159. The van der Waals surface area contributed by atoms with E-state index < -0.39 is 18.1 Å². The van der Waals surface area contributed by atoms with Crippen LogP contribution < -0.4 is 0 Å². The van der Waals surface area contributed by atoms with E-state index in [-0.39, 0.29) is 59.2 Å². The van der Waals surface area contributed by atoms with Crippen LogP contribution in [0, 0.1) is 41.4 Å². The molecule has 0 bridgehead atoms. The second-order valence-corrected chi connectivity index (χ2v) is 23.1. The highest BCUT2D eigenvalue weighted by atomic mass is 16.2. The number of nitrogens with zero attached hydrogens (tertiary/aromatic N) is 10. The summed E-state index contributed by atoms with van der Waals surface area (Å²) in [6.07, 6.45) is 19.9. The molecular weight excluding hydrogens is 869 g/mol. The minimum Gasteiger partial charge on any atom is -0.341 e. The van der Waals surface area contributed by atoms with Crippen molar-refractivity contribution < 1.29 is 24.0 Å². The number of hydrogen-bond donors (Lipinski definition) is 0. The standard InChI is InChI=1S/C54H88N10O5/c1-37(2)30-46(51(66)59-20-14-42(15-21-59)34-49-55-18-24-57(49)8)63-27-26-61(36-44-12-13-44)45(53(63)68)32-39(5)10-11-40(6)33-48(64-29-28-62(41(7)65)47(54(64)69)31-38(3)4)52(67)60-22-16-43(17-23-60)35-50-56-19-25-58(50)9/h18-19,24-25,37-40,42-48H,10-17,20-23,26-36H2,1-9H3/t39?,40?,45-,46-,47-,48-/m0/s1. The van der Waals surface area contributed by atoms with E-state index in [9.17, 15) is 24.0 Å². The molecule has 4 saturated heterocycles. The maximum Gasteiger partial charge on any atom is 0.246 e. The van der Waals surface area contributed by atoms with E-state index >= 15 is 0 Å². The van der Waals surface area contributed by atoms with Crippen LogP contribution in [0.15, 0.2) is 24.8 Å². The molecule has 15 heteroatoms. The number of carbonyl (C=O) groups excluding carboxylic acids is 5. The SMILES string of the molecule is CC(=O)N1CCN([C@@H](CC(C)CCC(C)C[C@H]2C(=O)N([C@@H](CC(C)C)C(=O)N3CCC(Cc4nccn4C)CC3)CCN2CC2CC2)C(=O)N2CCC(Cc3nccn3C)CC2)C(=O)[C@@H]1CC(C)C. The number of piperazine rings is 2. The van der Waals surface area contributed by atoms with Crippen molar-refractivity contribution in [3.05, 3.63) is 36.4 Å². The smallest absolute Gasteiger partial charge is 0.246 e. The molecule has 6 atom stereocenters.